The van der Waals surface area contributed by atoms with E-state index in [0.29, 0.717) is 0 Å². The van der Waals surface area contributed by atoms with Crippen LogP contribution in [-0.2, 0) is 4.79 Å². The van der Waals surface area contributed by atoms with E-state index in [4.69, 9.17) is 4.74 Å². The molecule has 26 heavy (non-hydrogen) atoms. The summed E-state index contributed by atoms with van der Waals surface area (Å²) in [5.41, 5.74) is 2.58. The van der Waals surface area contributed by atoms with Gasteiger partial charge in [-0.1, -0.05) is 0 Å². The van der Waals surface area contributed by atoms with E-state index in [1.165, 1.54) is 4.90 Å². The zero-order valence-electron chi connectivity index (χ0n) is 15.1. The number of thiophene rings is 1. The molecule has 134 valence electrons. The fraction of sp³-hybridized carbons (Fsp3) is 0.211. The van der Waals surface area contributed by atoms with Gasteiger partial charge in [0, 0.05) is 36.2 Å². The minimum Gasteiger partial charge on any atom is -0.497 e. The van der Waals surface area contributed by atoms with Gasteiger partial charge in [0.25, 0.3) is 0 Å². The second-order valence-electron chi connectivity index (χ2n) is 5.89. The van der Waals surface area contributed by atoms with Gasteiger partial charge >= 0.3 is 0 Å². The van der Waals surface area contributed by atoms with Gasteiger partial charge in [-0.05, 0) is 31.2 Å². The van der Waals surface area contributed by atoms with E-state index in [-0.39, 0.29) is 0 Å². The number of rotatable bonds is 6. The molecule has 1 amide bonds. The Balaban J connectivity index is 2.00. The van der Waals surface area contributed by atoms with Crippen LogP contribution in [0, 0.1) is 6.92 Å². The maximum Gasteiger partial charge on any atom is 0.219 e. The summed E-state index contributed by atoms with van der Waals surface area (Å²) >= 11 is 1.64. The molecule has 7 heteroatoms. The normalized spacial score (nSPS) is 11.1. The Bertz CT molecular complexity index is 948. The first-order chi connectivity index (χ1) is 12.5. The summed E-state index contributed by atoms with van der Waals surface area (Å²) in [7, 11) is 5.56. The van der Waals surface area contributed by atoms with Crippen LogP contribution < -0.4 is 14.5 Å². The monoisotopic (exact) mass is 368 g/mol. The average Bonchev–Trinajstić information content (AvgIpc) is 2.98. The van der Waals surface area contributed by atoms with Gasteiger partial charge < -0.3 is 9.64 Å². The number of hydrogen-bond donors (Lipinski definition) is 0. The molecule has 0 aliphatic carbocycles. The lowest BCUT2D eigenvalue weighted by Crippen LogP contribution is -2.18. The quantitative estimate of drug-likeness (QED) is 0.375. The highest BCUT2D eigenvalue weighted by atomic mass is 32.1. The maximum atomic E-state index is 11.5. The first-order valence-corrected chi connectivity index (χ1v) is 8.83. The third kappa shape index (κ3) is 3.39. The predicted octanol–water partition coefficient (Wildman–Crippen LogP) is 4.00. The Morgan fingerprint density at radius 3 is 2.54 bits per heavy atom. The zero-order valence-corrected chi connectivity index (χ0v) is 15.9. The van der Waals surface area contributed by atoms with Crippen LogP contribution in [0.25, 0.3) is 10.1 Å². The third-order valence-electron chi connectivity index (χ3n) is 4.00. The van der Waals surface area contributed by atoms with Crippen molar-refractivity contribution >= 4 is 51.2 Å². The van der Waals surface area contributed by atoms with E-state index in [1.54, 1.807) is 36.9 Å². The molecule has 0 atom stereocenters. The second-order valence-corrected chi connectivity index (χ2v) is 7.14. The molecule has 0 bridgehead atoms. The summed E-state index contributed by atoms with van der Waals surface area (Å²) in [4.78, 5) is 25.0. The van der Waals surface area contributed by atoms with Gasteiger partial charge in [0.15, 0.2) is 0 Å². The van der Waals surface area contributed by atoms with Crippen LogP contribution in [0.1, 0.15) is 4.88 Å². The highest BCUT2D eigenvalue weighted by Gasteiger charge is 2.14. The number of hydrogen-bond acceptors (Lipinski definition) is 6. The number of methoxy groups -OCH3 is 1. The van der Waals surface area contributed by atoms with Crippen molar-refractivity contribution in [2.45, 2.75) is 6.92 Å². The molecule has 0 unspecified atom stereocenters. The number of amides is 1. The van der Waals surface area contributed by atoms with Crippen LogP contribution in [0.2, 0.25) is 0 Å². The van der Waals surface area contributed by atoms with Crippen molar-refractivity contribution in [2.75, 3.05) is 31.0 Å². The number of fused-ring (bicyclic) bond motifs is 1. The molecule has 0 N–H and O–H groups in total. The lowest BCUT2D eigenvalue weighted by Gasteiger charge is -2.14. The topological polar surface area (TPSA) is 58.0 Å². The van der Waals surface area contributed by atoms with Crippen LogP contribution >= 0.6 is 11.3 Å². The van der Waals surface area contributed by atoms with E-state index in [0.717, 1.165) is 44.2 Å². The number of pyridine rings is 1. The Hall–Kier alpha value is -2.93. The first-order valence-electron chi connectivity index (χ1n) is 8.01. The summed E-state index contributed by atoms with van der Waals surface area (Å²) in [6.07, 6.45) is 5.96. The molecule has 6 nitrogen and oxygen atoms in total. The van der Waals surface area contributed by atoms with Crippen LogP contribution in [0.3, 0.4) is 0 Å². The molecule has 3 rings (SSSR count). The van der Waals surface area contributed by atoms with Crippen LogP contribution in [-0.4, -0.2) is 38.9 Å². The zero-order chi connectivity index (χ0) is 18.7. The molecule has 0 saturated heterocycles. The minimum atomic E-state index is 0.719. The summed E-state index contributed by atoms with van der Waals surface area (Å²) in [6, 6.07) is 7.24. The maximum absolute atomic E-state index is 11.5. The summed E-state index contributed by atoms with van der Waals surface area (Å²) < 4.78 is 6.22. The van der Waals surface area contributed by atoms with Crippen molar-refractivity contribution in [3.63, 3.8) is 0 Å². The molecule has 0 spiro atoms. The molecule has 0 saturated carbocycles. The number of benzene rings is 1. The van der Waals surface area contributed by atoms with Crippen molar-refractivity contribution in [2.24, 2.45) is 4.99 Å². The minimum absolute atomic E-state index is 0.719. The largest absolute Gasteiger partial charge is 0.497 e. The number of carbonyl (C=O) groups excluding carboxylic acids is 1. The van der Waals surface area contributed by atoms with Gasteiger partial charge in [0.2, 0.25) is 6.41 Å². The van der Waals surface area contributed by atoms with Crippen molar-refractivity contribution < 1.29 is 9.53 Å². The van der Waals surface area contributed by atoms with E-state index < -0.39 is 0 Å². The molecule has 2 aromatic heterocycles. The number of anilines is 2. The number of ether oxygens (including phenoxy) is 1. The van der Waals surface area contributed by atoms with E-state index in [1.807, 2.05) is 50.4 Å². The highest BCUT2D eigenvalue weighted by Crippen LogP contribution is 2.41. The van der Waals surface area contributed by atoms with E-state index >= 15 is 0 Å². The molecule has 0 fully saturated rings. The third-order valence-corrected chi connectivity index (χ3v) is 5.03. The predicted molar refractivity (Wildman–Crippen MR) is 108 cm³/mol. The van der Waals surface area contributed by atoms with Gasteiger partial charge in [-0.15, -0.1) is 11.3 Å². The summed E-state index contributed by atoms with van der Waals surface area (Å²) in [5.74, 6) is 0.735. The van der Waals surface area contributed by atoms with Crippen molar-refractivity contribution in [3.8, 4) is 5.75 Å². The molecular formula is C19H20N4O2S. The van der Waals surface area contributed by atoms with Gasteiger partial charge in [-0.3, -0.25) is 14.7 Å². The summed E-state index contributed by atoms with van der Waals surface area (Å²) in [5, 5.41) is 1.05. The fourth-order valence-corrected chi connectivity index (χ4v) is 3.66. The Labute approximate surface area is 156 Å². The van der Waals surface area contributed by atoms with Gasteiger partial charge in [0.05, 0.1) is 29.4 Å². The van der Waals surface area contributed by atoms with Gasteiger partial charge in [-0.25, -0.2) is 4.99 Å². The molecule has 0 aliphatic heterocycles. The second kappa shape index (κ2) is 7.53. The van der Waals surface area contributed by atoms with Crippen LogP contribution in [0.5, 0.6) is 5.75 Å². The van der Waals surface area contributed by atoms with Crippen molar-refractivity contribution in [3.05, 3.63) is 41.5 Å². The number of nitrogens with zero attached hydrogens (tertiary/aromatic N) is 4. The number of carbonyl (C=O) groups is 1. The lowest BCUT2D eigenvalue weighted by atomic mass is 10.2. The van der Waals surface area contributed by atoms with E-state index in [2.05, 4.69) is 9.98 Å². The van der Waals surface area contributed by atoms with Crippen molar-refractivity contribution in [1.29, 1.82) is 0 Å². The Morgan fingerprint density at radius 2 is 1.92 bits per heavy atom. The molecule has 1 aromatic carbocycles. The van der Waals surface area contributed by atoms with Crippen LogP contribution in [0.4, 0.5) is 17.1 Å². The first kappa shape index (κ1) is 17.9. The average molecular weight is 368 g/mol. The molecule has 0 aliphatic rings. The van der Waals surface area contributed by atoms with E-state index in [9.17, 15) is 4.79 Å². The Kier molecular flexibility index (Phi) is 5.18. The molecule has 2 heterocycles. The number of aryl methyl sites for hydroxylation is 1. The lowest BCUT2D eigenvalue weighted by molar-refractivity contribution is -0.106. The standard InChI is InChI=1S/C19H20N4O2S/c1-13-19(18-16(22(2)3)9-20-10-17(18)26-13)21-11-23(12-24)14-5-7-15(25-4)8-6-14/h5-12H,1-4H3. The smallest absolute Gasteiger partial charge is 0.219 e. The van der Waals surface area contributed by atoms with Gasteiger partial charge in [-0.2, -0.15) is 0 Å². The molecule has 0 radical (unpaired) electrons. The summed E-state index contributed by atoms with van der Waals surface area (Å²) in [6.45, 7) is 2.02. The van der Waals surface area contributed by atoms with Crippen LogP contribution in [0.15, 0.2) is 41.7 Å². The fourth-order valence-electron chi connectivity index (χ4n) is 2.66. The molecule has 3 aromatic rings. The number of aliphatic imine (C=N–C) groups is 1. The molecular weight excluding hydrogens is 348 g/mol. The van der Waals surface area contributed by atoms with Gasteiger partial charge in [0.1, 0.15) is 12.1 Å². The highest BCUT2D eigenvalue weighted by molar-refractivity contribution is 7.19. The Morgan fingerprint density at radius 1 is 1.19 bits per heavy atom. The van der Waals surface area contributed by atoms with Crippen molar-refractivity contribution in [1.82, 2.24) is 4.98 Å². The SMILES string of the molecule is COc1ccc(N(C=O)C=Nc2c(C)sc3cncc(N(C)C)c23)cc1. The number of aromatic nitrogens is 1.